The molecule has 1 aromatic carbocycles. The number of imide groups is 2. The first-order valence-electron chi connectivity index (χ1n) is 6.84. The van der Waals surface area contributed by atoms with Gasteiger partial charge in [-0.3, -0.25) is 24.2 Å². The summed E-state index contributed by atoms with van der Waals surface area (Å²) < 4.78 is 5.35. The summed E-state index contributed by atoms with van der Waals surface area (Å²) in [4.78, 5) is 50.1. The van der Waals surface area contributed by atoms with E-state index in [0.717, 1.165) is 22.1 Å². The van der Waals surface area contributed by atoms with Gasteiger partial charge in [0.1, 0.15) is 11.8 Å². The van der Waals surface area contributed by atoms with Gasteiger partial charge < -0.3 is 4.42 Å². The summed E-state index contributed by atoms with van der Waals surface area (Å²) in [5.74, 6) is -1.57. The zero-order chi connectivity index (χ0) is 17.6. The third-order valence-corrected chi connectivity index (χ3v) is 4.02. The van der Waals surface area contributed by atoms with Gasteiger partial charge in [0.05, 0.1) is 16.0 Å². The van der Waals surface area contributed by atoms with Gasteiger partial charge in [0.15, 0.2) is 11.0 Å². The zero-order valence-electron chi connectivity index (χ0n) is 12.7. The first-order chi connectivity index (χ1) is 11.3. The smallest absolute Gasteiger partial charge is 0.333 e. The maximum absolute atomic E-state index is 12.5. The van der Waals surface area contributed by atoms with Gasteiger partial charge in [-0.2, -0.15) is 0 Å². The average molecular weight is 347 g/mol. The van der Waals surface area contributed by atoms with Gasteiger partial charge in [-0.15, -0.1) is 0 Å². The van der Waals surface area contributed by atoms with Crippen LogP contribution in [0.3, 0.4) is 0 Å². The lowest BCUT2D eigenvalue weighted by Gasteiger charge is -2.28. The van der Waals surface area contributed by atoms with Crippen molar-refractivity contribution in [2.24, 2.45) is 0 Å². The molecule has 122 valence electrons. The molecule has 0 spiro atoms. The maximum atomic E-state index is 12.5. The van der Waals surface area contributed by atoms with Crippen molar-refractivity contribution in [3.05, 3.63) is 50.8 Å². The number of hydrogen-bond acceptors (Lipinski definition) is 5. The molecule has 2 heterocycles. The zero-order valence-corrected chi connectivity index (χ0v) is 13.5. The minimum Gasteiger partial charge on any atom is -0.462 e. The fourth-order valence-electron chi connectivity index (χ4n) is 2.37. The molecule has 8 heteroatoms. The molecule has 1 aliphatic rings. The second-order valence-corrected chi connectivity index (χ2v) is 5.61. The largest absolute Gasteiger partial charge is 0.462 e. The highest BCUT2D eigenvalue weighted by atomic mass is 35.5. The van der Waals surface area contributed by atoms with Crippen molar-refractivity contribution in [2.75, 3.05) is 14.1 Å². The number of rotatable bonds is 1. The van der Waals surface area contributed by atoms with Gasteiger partial charge in [0.2, 0.25) is 0 Å². The molecule has 0 radical (unpaired) electrons. The van der Waals surface area contributed by atoms with Crippen LogP contribution in [0, 0.1) is 0 Å². The Balaban J connectivity index is 2.18. The van der Waals surface area contributed by atoms with Crippen molar-refractivity contribution in [1.82, 2.24) is 9.80 Å². The highest BCUT2D eigenvalue weighted by molar-refractivity contribution is 6.34. The maximum Gasteiger partial charge on any atom is 0.333 e. The summed E-state index contributed by atoms with van der Waals surface area (Å²) in [7, 11) is 2.51. The number of para-hydroxylation sites is 1. The molecule has 1 aromatic heterocycles. The SMILES string of the molecule is CN1C(=O)C(=Cc2coc3c(Cl)cccc3c2=O)C(=O)N(C)C1=O. The van der Waals surface area contributed by atoms with Crippen LogP contribution in [0.15, 0.2) is 39.2 Å². The number of amides is 4. The number of nitrogens with zero attached hydrogens (tertiary/aromatic N) is 2. The van der Waals surface area contributed by atoms with E-state index in [1.54, 1.807) is 12.1 Å². The van der Waals surface area contributed by atoms with Crippen LogP contribution in [0.2, 0.25) is 5.02 Å². The predicted octanol–water partition coefficient (Wildman–Crippen LogP) is 1.88. The number of barbiturate groups is 1. The van der Waals surface area contributed by atoms with Crippen LogP contribution in [-0.2, 0) is 9.59 Å². The van der Waals surface area contributed by atoms with Gasteiger partial charge in [-0.05, 0) is 18.2 Å². The van der Waals surface area contributed by atoms with E-state index in [0.29, 0.717) is 0 Å². The van der Waals surface area contributed by atoms with Gasteiger partial charge >= 0.3 is 6.03 Å². The topological polar surface area (TPSA) is 87.9 Å². The Kier molecular flexibility index (Phi) is 3.73. The number of carbonyl (C=O) groups excluding carboxylic acids is 3. The second kappa shape index (κ2) is 5.61. The van der Waals surface area contributed by atoms with E-state index >= 15 is 0 Å². The predicted molar refractivity (Wildman–Crippen MR) is 86.4 cm³/mol. The molecule has 1 aliphatic heterocycles. The number of likely N-dealkylation sites (N-methyl/N-ethyl adjacent to an activating group) is 2. The van der Waals surface area contributed by atoms with Crippen LogP contribution in [0.1, 0.15) is 5.56 Å². The Labute approximate surface area is 140 Å². The van der Waals surface area contributed by atoms with Crippen LogP contribution >= 0.6 is 11.6 Å². The second-order valence-electron chi connectivity index (χ2n) is 5.21. The molecule has 0 unspecified atom stereocenters. The molecular formula is C16H11ClN2O5. The molecule has 0 bridgehead atoms. The molecule has 4 amide bonds. The summed E-state index contributed by atoms with van der Waals surface area (Å²) in [5.41, 5.74) is -0.503. The van der Waals surface area contributed by atoms with Gasteiger partial charge in [-0.1, -0.05) is 17.7 Å². The molecular weight excluding hydrogens is 336 g/mol. The van der Waals surface area contributed by atoms with E-state index in [9.17, 15) is 19.2 Å². The van der Waals surface area contributed by atoms with Crippen LogP contribution in [0.4, 0.5) is 4.79 Å². The lowest BCUT2D eigenvalue weighted by Crippen LogP contribution is -2.53. The van der Waals surface area contributed by atoms with E-state index in [1.165, 1.54) is 20.2 Å². The molecule has 24 heavy (non-hydrogen) atoms. The van der Waals surface area contributed by atoms with Crippen molar-refractivity contribution in [3.63, 3.8) is 0 Å². The Morgan fingerprint density at radius 3 is 2.29 bits per heavy atom. The third-order valence-electron chi connectivity index (χ3n) is 3.72. The summed E-state index contributed by atoms with van der Waals surface area (Å²) in [6.45, 7) is 0. The van der Waals surface area contributed by atoms with Gasteiger partial charge in [-0.25, -0.2) is 4.79 Å². The Morgan fingerprint density at radius 1 is 1.04 bits per heavy atom. The lowest BCUT2D eigenvalue weighted by atomic mass is 10.1. The summed E-state index contributed by atoms with van der Waals surface area (Å²) in [6, 6.07) is 3.96. The van der Waals surface area contributed by atoms with Crippen LogP contribution in [0.5, 0.6) is 0 Å². The van der Waals surface area contributed by atoms with E-state index in [4.69, 9.17) is 16.0 Å². The molecule has 7 nitrogen and oxygen atoms in total. The molecule has 0 aliphatic carbocycles. The van der Waals surface area contributed by atoms with Crippen molar-refractivity contribution in [1.29, 1.82) is 0 Å². The molecule has 0 atom stereocenters. The number of hydrogen-bond donors (Lipinski definition) is 0. The molecule has 0 N–H and O–H groups in total. The molecule has 0 saturated carbocycles. The fraction of sp³-hybridized carbons (Fsp3) is 0.125. The minimum absolute atomic E-state index is 0.0117. The number of carbonyl (C=O) groups is 3. The highest BCUT2D eigenvalue weighted by Crippen LogP contribution is 2.22. The van der Waals surface area contributed by atoms with Crippen molar-refractivity contribution in [3.8, 4) is 0 Å². The van der Waals surface area contributed by atoms with Crippen LogP contribution < -0.4 is 5.43 Å². The third kappa shape index (κ3) is 2.30. The first kappa shape index (κ1) is 15.9. The average Bonchev–Trinajstić information content (AvgIpc) is 2.57. The van der Waals surface area contributed by atoms with E-state index in [2.05, 4.69) is 0 Å². The van der Waals surface area contributed by atoms with Crippen molar-refractivity contribution < 1.29 is 18.8 Å². The number of benzene rings is 1. The van der Waals surface area contributed by atoms with E-state index in [1.807, 2.05) is 0 Å². The number of urea groups is 1. The normalized spacial score (nSPS) is 15.5. The highest BCUT2D eigenvalue weighted by Gasteiger charge is 2.37. The van der Waals surface area contributed by atoms with E-state index < -0.39 is 23.3 Å². The van der Waals surface area contributed by atoms with Gasteiger partial charge in [0, 0.05) is 14.1 Å². The van der Waals surface area contributed by atoms with Gasteiger partial charge in [0.25, 0.3) is 11.8 Å². The molecule has 1 saturated heterocycles. The van der Waals surface area contributed by atoms with Crippen molar-refractivity contribution >= 4 is 46.5 Å². The molecule has 3 rings (SSSR count). The van der Waals surface area contributed by atoms with Crippen molar-refractivity contribution in [2.45, 2.75) is 0 Å². The Hall–Kier alpha value is -2.93. The number of halogens is 1. The summed E-state index contributed by atoms with van der Waals surface area (Å²) in [5, 5.41) is 0.504. The Morgan fingerprint density at radius 2 is 1.67 bits per heavy atom. The minimum atomic E-state index is -0.784. The van der Waals surface area contributed by atoms with E-state index in [-0.39, 0.29) is 27.1 Å². The Bertz CT molecular complexity index is 966. The first-order valence-corrected chi connectivity index (χ1v) is 7.22. The quantitative estimate of drug-likeness (QED) is 0.581. The summed E-state index contributed by atoms with van der Waals surface area (Å²) in [6.07, 6.45) is 2.25. The summed E-state index contributed by atoms with van der Waals surface area (Å²) >= 11 is 5.97. The molecule has 2 aromatic rings. The lowest BCUT2D eigenvalue weighted by molar-refractivity contribution is -0.134. The number of fused-ring (bicyclic) bond motifs is 1. The van der Waals surface area contributed by atoms with Crippen LogP contribution in [-0.4, -0.2) is 41.7 Å². The van der Waals surface area contributed by atoms with Crippen LogP contribution in [0.25, 0.3) is 17.0 Å². The molecule has 1 fully saturated rings. The fourth-order valence-corrected chi connectivity index (χ4v) is 2.59. The standard InChI is InChI=1S/C16H11ClN2O5/c1-18-14(21)10(15(22)19(2)16(18)23)6-8-7-24-13-9(12(8)20)4-3-5-11(13)17/h3-7H,1-2H3. The monoisotopic (exact) mass is 346 g/mol.